The molecule has 190 valence electrons. The van der Waals surface area contributed by atoms with Crippen molar-refractivity contribution in [2.45, 2.75) is 44.7 Å². The predicted molar refractivity (Wildman–Crippen MR) is 133 cm³/mol. The van der Waals surface area contributed by atoms with E-state index >= 15 is 0 Å². The largest absolute Gasteiger partial charge is 0.379 e. The average Bonchev–Trinajstić information content (AvgIpc) is 3.26. The van der Waals surface area contributed by atoms with Gasteiger partial charge in [0.1, 0.15) is 11.7 Å². The number of amides is 2. The van der Waals surface area contributed by atoms with Crippen molar-refractivity contribution < 1.29 is 23.9 Å². The molecule has 3 aliphatic rings. The fourth-order valence-corrected chi connectivity index (χ4v) is 5.46. The first-order valence-corrected chi connectivity index (χ1v) is 12.5. The molecule has 0 unspecified atom stereocenters. The first kappa shape index (κ1) is 24.5. The molecular weight excluding hydrogens is 463 g/mol. The number of aliphatic imine (C=N–C) groups is 1. The summed E-state index contributed by atoms with van der Waals surface area (Å²) in [7, 11) is 0. The first-order valence-electron chi connectivity index (χ1n) is 12.5. The van der Waals surface area contributed by atoms with Gasteiger partial charge in [-0.2, -0.15) is 4.99 Å². The van der Waals surface area contributed by atoms with Crippen molar-refractivity contribution in [3.05, 3.63) is 65.0 Å². The summed E-state index contributed by atoms with van der Waals surface area (Å²) in [5.74, 6) is -0.682. The number of rotatable bonds is 5. The summed E-state index contributed by atoms with van der Waals surface area (Å²) in [6.45, 7) is 4.11. The van der Waals surface area contributed by atoms with Gasteiger partial charge in [0.15, 0.2) is 0 Å². The zero-order chi connectivity index (χ0) is 25.1. The third-order valence-corrected chi connectivity index (χ3v) is 7.41. The highest BCUT2D eigenvalue weighted by Gasteiger charge is 2.36. The molecule has 36 heavy (non-hydrogen) atoms. The highest BCUT2D eigenvalue weighted by atomic mass is 19.1. The Bertz CT molecular complexity index is 1140. The molecule has 0 spiro atoms. The third kappa shape index (κ3) is 5.33. The van der Waals surface area contributed by atoms with Gasteiger partial charge in [0.05, 0.1) is 13.2 Å². The van der Waals surface area contributed by atoms with Gasteiger partial charge >= 0.3 is 0 Å². The number of hydrogen-bond acceptors (Lipinski definition) is 5. The zero-order valence-electron chi connectivity index (χ0n) is 20.2. The molecule has 0 radical (unpaired) electrons. The molecule has 1 aliphatic carbocycles. The van der Waals surface area contributed by atoms with E-state index in [0.29, 0.717) is 30.7 Å². The molecule has 1 saturated heterocycles. The number of halogens is 1. The molecule has 2 amide bonds. The number of morpholine rings is 1. The maximum absolute atomic E-state index is 13.3. The molecule has 2 aromatic carbocycles. The number of nitrogens with zero attached hydrogens (tertiary/aromatic N) is 3. The molecule has 5 rings (SSSR count). The Balaban J connectivity index is 1.42. The Hall–Kier alpha value is -3.14. The Labute approximate surface area is 209 Å². The van der Waals surface area contributed by atoms with Crippen LogP contribution in [0.2, 0.25) is 0 Å². The van der Waals surface area contributed by atoms with Crippen LogP contribution < -0.4 is 10.4 Å². The number of amidine groups is 1. The summed E-state index contributed by atoms with van der Waals surface area (Å²) in [6.07, 6.45) is 3.33. The average molecular weight is 495 g/mol. The molecular formula is C27H31FN4O4. The number of anilines is 1. The lowest BCUT2D eigenvalue weighted by Gasteiger charge is -2.36. The molecule has 0 bridgehead atoms. The second-order valence-corrected chi connectivity index (χ2v) is 9.72. The number of fused-ring (bicyclic) bond motifs is 1. The minimum absolute atomic E-state index is 0.0902. The van der Waals surface area contributed by atoms with E-state index in [1.165, 1.54) is 29.8 Å². The van der Waals surface area contributed by atoms with Crippen LogP contribution in [0, 0.1) is 11.7 Å². The van der Waals surface area contributed by atoms with Gasteiger partial charge in [-0.05, 0) is 67.1 Å². The van der Waals surface area contributed by atoms with Gasteiger partial charge in [-0.15, -0.1) is 0 Å². The lowest BCUT2D eigenvalue weighted by molar-refractivity contribution is -0.134. The molecule has 0 aromatic heterocycles. The maximum atomic E-state index is 13.3. The molecule has 8 nitrogen and oxygen atoms in total. The monoisotopic (exact) mass is 494 g/mol. The van der Waals surface area contributed by atoms with Crippen molar-refractivity contribution in [2.24, 2.45) is 10.9 Å². The fourth-order valence-electron chi connectivity index (χ4n) is 5.46. The van der Waals surface area contributed by atoms with E-state index in [1.54, 1.807) is 5.48 Å². The number of ether oxygens (including phenoxy) is 1. The topological polar surface area (TPSA) is 94.5 Å². The Morgan fingerprint density at radius 1 is 1.06 bits per heavy atom. The summed E-state index contributed by atoms with van der Waals surface area (Å²) in [6, 6.07) is 12.0. The van der Waals surface area contributed by atoms with Crippen LogP contribution in [0.5, 0.6) is 0 Å². The smallest absolute Gasteiger partial charge is 0.278 e. The quantitative estimate of drug-likeness (QED) is 0.489. The van der Waals surface area contributed by atoms with E-state index in [4.69, 9.17) is 9.94 Å². The number of hydrogen-bond donors (Lipinski definition) is 2. The third-order valence-electron chi connectivity index (χ3n) is 7.41. The Morgan fingerprint density at radius 2 is 1.78 bits per heavy atom. The molecule has 2 aliphatic heterocycles. The van der Waals surface area contributed by atoms with Gasteiger partial charge < -0.3 is 9.64 Å². The van der Waals surface area contributed by atoms with E-state index < -0.39 is 11.7 Å². The van der Waals surface area contributed by atoms with E-state index in [-0.39, 0.29) is 17.9 Å². The molecule has 0 atom stereocenters. The van der Waals surface area contributed by atoms with Crippen LogP contribution in [0.4, 0.5) is 10.1 Å². The van der Waals surface area contributed by atoms with Crippen LogP contribution in [0.1, 0.15) is 47.2 Å². The van der Waals surface area contributed by atoms with Crippen LogP contribution in [-0.2, 0) is 22.5 Å². The summed E-state index contributed by atoms with van der Waals surface area (Å²) in [4.78, 5) is 33.9. The van der Waals surface area contributed by atoms with E-state index in [0.717, 1.165) is 56.9 Å². The van der Waals surface area contributed by atoms with E-state index in [2.05, 4.69) is 33.0 Å². The number of carbonyl (C=O) groups excluding carboxylic acids is 2. The standard InChI is InChI=1S/C27H31FN4O4/c28-22-7-3-19(4-8-22)26(33)29-25-16-21-2-1-18(17-31-11-13-36-14-12-31)15-24(21)32(25)23-9-5-20(6-10-23)27(34)30-35/h1-4,7-8,15,20,23,35H,5-6,9-14,16-17H2,(H,30,34). The molecule has 2 fully saturated rings. The van der Waals surface area contributed by atoms with Crippen LogP contribution in [0.15, 0.2) is 47.5 Å². The van der Waals surface area contributed by atoms with Crippen LogP contribution in [0.3, 0.4) is 0 Å². The van der Waals surface area contributed by atoms with E-state index in [1.807, 2.05) is 0 Å². The van der Waals surface area contributed by atoms with Gasteiger partial charge in [0, 0.05) is 49.3 Å². The van der Waals surface area contributed by atoms with Gasteiger partial charge in [-0.25, -0.2) is 9.87 Å². The highest BCUT2D eigenvalue weighted by Crippen LogP contribution is 2.38. The van der Waals surface area contributed by atoms with Crippen molar-refractivity contribution >= 4 is 23.3 Å². The van der Waals surface area contributed by atoms with Crippen LogP contribution in [0.25, 0.3) is 0 Å². The van der Waals surface area contributed by atoms with Gasteiger partial charge in [-0.3, -0.25) is 19.7 Å². The van der Waals surface area contributed by atoms with Crippen molar-refractivity contribution in [3.63, 3.8) is 0 Å². The molecule has 2 N–H and O–H groups in total. The maximum Gasteiger partial charge on any atom is 0.278 e. The number of hydroxylamine groups is 1. The predicted octanol–water partition coefficient (Wildman–Crippen LogP) is 3.32. The minimum atomic E-state index is -0.398. The fraction of sp³-hybridized carbons (Fsp3) is 0.444. The molecule has 9 heteroatoms. The summed E-state index contributed by atoms with van der Waals surface area (Å²) in [5.41, 5.74) is 5.48. The van der Waals surface area contributed by atoms with Crippen molar-refractivity contribution in [2.75, 3.05) is 31.2 Å². The van der Waals surface area contributed by atoms with Crippen LogP contribution in [-0.4, -0.2) is 60.1 Å². The number of benzene rings is 2. The Kier molecular flexibility index (Phi) is 7.41. The van der Waals surface area contributed by atoms with Crippen molar-refractivity contribution in [1.82, 2.24) is 10.4 Å². The Morgan fingerprint density at radius 3 is 2.47 bits per heavy atom. The lowest BCUT2D eigenvalue weighted by atomic mass is 9.85. The van der Waals surface area contributed by atoms with Crippen LogP contribution >= 0.6 is 0 Å². The molecule has 1 saturated carbocycles. The zero-order valence-corrected chi connectivity index (χ0v) is 20.2. The number of carbonyl (C=O) groups is 2. The van der Waals surface area contributed by atoms with Crippen molar-refractivity contribution in [3.8, 4) is 0 Å². The molecule has 2 aromatic rings. The first-order chi connectivity index (χ1) is 17.5. The van der Waals surface area contributed by atoms with Gasteiger partial charge in [0.25, 0.3) is 5.91 Å². The second-order valence-electron chi connectivity index (χ2n) is 9.72. The van der Waals surface area contributed by atoms with Crippen molar-refractivity contribution in [1.29, 1.82) is 0 Å². The second kappa shape index (κ2) is 10.9. The SMILES string of the molecule is O=C(N=C1Cc2ccc(CN3CCOCC3)cc2N1C1CCC(C(=O)NO)CC1)c1ccc(F)cc1. The number of nitrogens with one attached hydrogen (secondary N) is 1. The van der Waals surface area contributed by atoms with E-state index in [9.17, 15) is 14.0 Å². The summed E-state index contributed by atoms with van der Waals surface area (Å²) in [5, 5.41) is 9.02. The van der Waals surface area contributed by atoms with Gasteiger partial charge in [-0.1, -0.05) is 12.1 Å². The lowest BCUT2D eigenvalue weighted by Crippen LogP contribution is -2.43. The summed E-state index contributed by atoms with van der Waals surface area (Å²) < 4.78 is 18.8. The van der Waals surface area contributed by atoms with Gasteiger partial charge in [0.2, 0.25) is 5.91 Å². The summed E-state index contributed by atoms with van der Waals surface area (Å²) >= 11 is 0. The minimum Gasteiger partial charge on any atom is -0.379 e. The normalized spacial score (nSPS) is 23.5. The molecule has 2 heterocycles. The highest BCUT2D eigenvalue weighted by molar-refractivity contribution is 6.12.